The maximum atomic E-state index is 12.2. The van der Waals surface area contributed by atoms with Gasteiger partial charge in [0, 0.05) is 26.2 Å². The zero-order valence-corrected chi connectivity index (χ0v) is 20.5. The highest BCUT2D eigenvalue weighted by atomic mass is 127. The monoisotopic (exact) mass is 519 g/mol. The van der Waals surface area contributed by atoms with Gasteiger partial charge in [0.1, 0.15) is 5.54 Å². The third kappa shape index (κ3) is 5.76. The van der Waals surface area contributed by atoms with E-state index in [-0.39, 0.29) is 41.8 Å². The minimum absolute atomic E-state index is 0. The van der Waals surface area contributed by atoms with Gasteiger partial charge >= 0.3 is 6.03 Å². The first-order valence-electron chi connectivity index (χ1n) is 11.1. The molecule has 1 aliphatic carbocycles. The number of imide groups is 1. The normalized spacial score (nSPS) is 31.1. The quantitative estimate of drug-likeness (QED) is 0.226. The number of hydrogen-bond donors (Lipinski definition) is 3. The number of aliphatic imine (C=N–C) groups is 1. The van der Waals surface area contributed by atoms with Crippen molar-refractivity contribution in [2.45, 2.75) is 71.3 Å². The van der Waals surface area contributed by atoms with Crippen LogP contribution in [0.5, 0.6) is 0 Å². The van der Waals surface area contributed by atoms with E-state index in [0.29, 0.717) is 0 Å². The molecule has 2 heterocycles. The van der Waals surface area contributed by atoms with Crippen molar-refractivity contribution in [3.8, 4) is 0 Å². The van der Waals surface area contributed by atoms with Crippen molar-refractivity contribution in [3.05, 3.63) is 0 Å². The zero-order valence-electron chi connectivity index (χ0n) is 18.1. The number of guanidine groups is 1. The van der Waals surface area contributed by atoms with Gasteiger partial charge in [0.25, 0.3) is 5.91 Å². The van der Waals surface area contributed by atoms with Crippen LogP contribution >= 0.6 is 24.0 Å². The highest BCUT2D eigenvalue weighted by Gasteiger charge is 2.48. The largest absolute Gasteiger partial charge is 0.357 e. The number of hydrogen-bond acceptors (Lipinski definition) is 3. The van der Waals surface area contributed by atoms with Crippen LogP contribution < -0.4 is 16.0 Å². The molecule has 3 N–H and O–H groups in total. The molecule has 29 heavy (non-hydrogen) atoms. The molecule has 3 rings (SSSR count). The summed E-state index contributed by atoms with van der Waals surface area (Å²) in [5.74, 6) is 2.60. The molecule has 1 saturated carbocycles. The van der Waals surface area contributed by atoms with Gasteiger partial charge in [-0.05, 0) is 50.9 Å². The molecule has 2 aliphatic heterocycles. The fourth-order valence-corrected chi connectivity index (χ4v) is 5.10. The molecule has 3 atom stereocenters. The molecule has 0 aromatic carbocycles. The van der Waals surface area contributed by atoms with Gasteiger partial charge in [-0.1, -0.05) is 32.6 Å². The van der Waals surface area contributed by atoms with Gasteiger partial charge in [0.05, 0.1) is 0 Å². The summed E-state index contributed by atoms with van der Waals surface area (Å²) >= 11 is 0. The molecule has 3 aliphatic rings. The molecule has 7 nitrogen and oxygen atoms in total. The first-order valence-corrected chi connectivity index (χ1v) is 11.1. The number of carbonyl (C=O) groups is 2. The van der Waals surface area contributed by atoms with Gasteiger partial charge in [-0.3, -0.25) is 15.1 Å². The summed E-state index contributed by atoms with van der Waals surface area (Å²) in [6.07, 6.45) is 8.39. The van der Waals surface area contributed by atoms with Crippen molar-refractivity contribution in [2.24, 2.45) is 22.7 Å². The van der Waals surface area contributed by atoms with E-state index in [2.05, 4.69) is 34.7 Å². The maximum absolute atomic E-state index is 12.2. The fraction of sp³-hybridized carbons (Fsp3) is 0.857. The molecule has 3 fully saturated rings. The van der Waals surface area contributed by atoms with Gasteiger partial charge in [-0.2, -0.15) is 0 Å². The number of amides is 3. The first-order chi connectivity index (χ1) is 13.4. The maximum Gasteiger partial charge on any atom is 0.322 e. The summed E-state index contributed by atoms with van der Waals surface area (Å²) in [4.78, 5) is 31.0. The summed E-state index contributed by atoms with van der Waals surface area (Å²) in [5, 5.41) is 8.65. The highest BCUT2D eigenvalue weighted by Crippen LogP contribution is 2.32. The second-order valence-electron chi connectivity index (χ2n) is 8.92. The van der Waals surface area contributed by atoms with Gasteiger partial charge in [0.15, 0.2) is 5.96 Å². The van der Waals surface area contributed by atoms with E-state index in [1.54, 1.807) is 0 Å². The van der Waals surface area contributed by atoms with Gasteiger partial charge < -0.3 is 15.5 Å². The Morgan fingerprint density at radius 3 is 2.48 bits per heavy atom. The van der Waals surface area contributed by atoms with Crippen molar-refractivity contribution in [3.63, 3.8) is 0 Å². The molecule has 3 unspecified atom stereocenters. The number of likely N-dealkylation sites (tertiary alicyclic amines) is 1. The topological polar surface area (TPSA) is 85.8 Å². The van der Waals surface area contributed by atoms with Gasteiger partial charge in [-0.25, -0.2) is 4.79 Å². The Bertz CT molecular complexity index is 606. The van der Waals surface area contributed by atoms with Crippen LogP contribution in [-0.2, 0) is 4.79 Å². The van der Waals surface area contributed by atoms with Crippen molar-refractivity contribution < 1.29 is 9.59 Å². The molecule has 3 amide bonds. The Morgan fingerprint density at radius 2 is 1.90 bits per heavy atom. The second kappa shape index (κ2) is 10.8. The van der Waals surface area contributed by atoms with Gasteiger partial charge in [-0.15, -0.1) is 24.0 Å². The lowest BCUT2D eigenvalue weighted by Gasteiger charge is -2.39. The number of urea groups is 1. The Balaban J connectivity index is 0.00000300. The molecular formula is C21H38IN5O2. The lowest BCUT2D eigenvalue weighted by Crippen LogP contribution is -2.55. The van der Waals surface area contributed by atoms with E-state index >= 15 is 0 Å². The van der Waals surface area contributed by atoms with Crippen LogP contribution in [0, 0.1) is 17.8 Å². The van der Waals surface area contributed by atoms with Crippen molar-refractivity contribution >= 4 is 41.9 Å². The van der Waals surface area contributed by atoms with Gasteiger partial charge in [0.2, 0.25) is 0 Å². The molecule has 2 saturated heterocycles. The van der Waals surface area contributed by atoms with Crippen molar-refractivity contribution in [1.82, 2.24) is 20.9 Å². The lowest BCUT2D eigenvalue weighted by molar-refractivity contribution is -0.125. The van der Waals surface area contributed by atoms with E-state index in [9.17, 15) is 9.59 Å². The van der Waals surface area contributed by atoms with Crippen LogP contribution in [0.2, 0.25) is 0 Å². The summed E-state index contributed by atoms with van der Waals surface area (Å²) in [5.41, 5.74) is -0.782. The van der Waals surface area contributed by atoms with E-state index < -0.39 is 5.54 Å². The van der Waals surface area contributed by atoms with Crippen LogP contribution in [0.1, 0.15) is 65.7 Å². The van der Waals surface area contributed by atoms with Crippen LogP contribution in [0.4, 0.5) is 4.79 Å². The first kappa shape index (κ1) is 24.2. The average molecular weight is 519 g/mol. The molecule has 166 valence electrons. The van der Waals surface area contributed by atoms with Crippen LogP contribution in [-0.4, -0.2) is 54.5 Å². The number of piperidine rings is 1. The third-order valence-electron chi connectivity index (χ3n) is 7.07. The summed E-state index contributed by atoms with van der Waals surface area (Å²) in [7, 11) is 0. The van der Waals surface area contributed by atoms with Crippen LogP contribution in [0.3, 0.4) is 0 Å². The molecule has 0 spiro atoms. The highest BCUT2D eigenvalue weighted by molar-refractivity contribution is 14.0. The predicted octanol–water partition coefficient (Wildman–Crippen LogP) is 3.10. The molecule has 0 bridgehead atoms. The Kier molecular flexibility index (Phi) is 9.03. The zero-order chi connectivity index (χ0) is 20.1. The minimum atomic E-state index is -0.782. The molecular weight excluding hydrogens is 481 g/mol. The van der Waals surface area contributed by atoms with Crippen LogP contribution in [0.25, 0.3) is 0 Å². The average Bonchev–Trinajstić information content (AvgIpc) is 2.95. The third-order valence-corrected chi connectivity index (χ3v) is 7.07. The smallest absolute Gasteiger partial charge is 0.322 e. The number of nitrogens with zero attached hydrogens (tertiary/aromatic N) is 2. The summed E-state index contributed by atoms with van der Waals surface area (Å²) < 4.78 is 0. The number of nitrogens with one attached hydrogen (secondary N) is 3. The Hall–Kier alpha value is -1.06. The minimum Gasteiger partial charge on any atom is -0.357 e. The molecule has 0 aromatic heterocycles. The Morgan fingerprint density at radius 1 is 1.21 bits per heavy atom. The lowest BCUT2D eigenvalue weighted by atomic mass is 9.79. The standard InChI is InChI=1S/C21H37N5O2.HI/c1-4-22-19(23-12-9-16-8-6-5-7-15(16)2)26-13-10-17(11-14-26)21(3)18(27)24-20(28)25-21;/h15-17H,4-14H2,1-3H3,(H,22,23)(H2,24,25,27,28);1H. The predicted molar refractivity (Wildman–Crippen MR) is 127 cm³/mol. The summed E-state index contributed by atoms with van der Waals surface area (Å²) in [6, 6.07) is -0.373. The van der Waals surface area contributed by atoms with Crippen molar-refractivity contribution in [1.29, 1.82) is 0 Å². The van der Waals surface area contributed by atoms with E-state index in [0.717, 1.165) is 56.8 Å². The van der Waals surface area contributed by atoms with E-state index in [1.165, 1.54) is 32.1 Å². The number of rotatable bonds is 5. The fourth-order valence-electron chi connectivity index (χ4n) is 5.10. The van der Waals surface area contributed by atoms with E-state index in [4.69, 9.17) is 4.99 Å². The molecule has 0 aromatic rings. The Labute approximate surface area is 192 Å². The SMILES string of the molecule is CCNC(=NCCC1CCCCC1C)N1CCC(C2(C)NC(=O)NC2=O)CC1.I. The van der Waals surface area contributed by atoms with Crippen LogP contribution in [0.15, 0.2) is 4.99 Å². The molecule has 8 heteroatoms. The van der Waals surface area contributed by atoms with Crippen molar-refractivity contribution in [2.75, 3.05) is 26.2 Å². The number of halogens is 1. The van der Waals surface area contributed by atoms with E-state index in [1.807, 2.05) is 6.92 Å². The number of carbonyl (C=O) groups excluding carboxylic acids is 2. The summed E-state index contributed by atoms with van der Waals surface area (Å²) in [6.45, 7) is 9.79. The molecule has 0 radical (unpaired) electrons. The second-order valence-corrected chi connectivity index (χ2v) is 8.92.